The van der Waals surface area contributed by atoms with Crippen LogP contribution in [0.2, 0.25) is 0 Å². The number of ether oxygens (including phenoxy) is 2. The molecule has 3 heteroatoms. The molecule has 1 rings (SSSR count). The summed E-state index contributed by atoms with van der Waals surface area (Å²) < 4.78 is 10.3. The fraction of sp³-hybridized carbons (Fsp3) is 0.357. The Labute approximate surface area is 102 Å². The molecule has 0 aliphatic heterocycles. The minimum atomic E-state index is -0.314. The number of benzene rings is 1. The second-order valence-corrected chi connectivity index (χ2v) is 3.40. The molecule has 1 aromatic carbocycles. The van der Waals surface area contributed by atoms with Crippen LogP contribution in [0.25, 0.3) is 0 Å². The molecule has 0 heterocycles. The highest BCUT2D eigenvalue weighted by Crippen LogP contribution is 2.13. The molecular weight excluding hydrogens is 216 g/mol. The molecule has 0 bridgehead atoms. The van der Waals surface area contributed by atoms with Gasteiger partial charge in [0.05, 0.1) is 18.8 Å². The largest absolute Gasteiger partial charge is 0.494 e. The van der Waals surface area contributed by atoms with E-state index in [2.05, 4.69) is 5.92 Å². The molecule has 0 N–H and O–H groups in total. The predicted molar refractivity (Wildman–Crippen MR) is 66.0 cm³/mol. The summed E-state index contributed by atoms with van der Waals surface area (Å²) in [6, 6.07) is 6.88. The number of hydrogen-bond donors (Lipinski definition) is 0. The highest BCUT2D eigenvalue weighted by Gasteiger charge is 2.05. The Hall–Kier alpha value is -1.95. The summed E-state index contributed by atoms with van der Waals surface area (Å²) in [7, 11) is 0. The second-order valence-electron chi connectivity index (χ2n) is 3.40. The second kappa shape index (κ2) is 7.34. The molecule has 90 valence electrons. The molecule has 0 saturated carbocycles. The average molecular weight is 232 g/mol. The van der Waals surface area contributed by atoms with E-state index in [9.17, 15) is 4.79 Å². The van der Waals surface area contributed by atoms with Crippen molar-refractivity contribution in [3.63, 3.8) is 0 Å². The number of carbonyl (C=O) groups excluding carboxylic acids is 1. The molecule has 0 aromatic heterocycles. The van der Waals surface area contributed by atoms with E-state index in [0.717, 1.165) is 12.2 Å². The maximum Gasteiger partial charge on any atom is 0.338 e. The molecule has 3 nitrogen and oxygen atoms in total. The van der Waals surface area contributed by atoms with Gasteiger partial charge >= 0.3 is 5.97 Å². The van der Waals surface area contributed by atoms with Crippen LogP contribution in [0.3, 0.4) is 0 Å². The van der Waals surface area contributed by atoms with E-state index in [0.29, 0.717) is 25.2 Å². The Kier molecular flexibility index (Phi) is 5.67. The Balaban J connectivity index is 2.45. The van der Waals surface area contributed by atoms with Crippen molar-refractivity contribution in [3.05, 3.63) is 29.8 Å². The van der Waals surface area contributed by atoms with Gasteiger partial charge in [0.25, 0.3) is 0 Å². The fourth-order valence-corrected chi connectivity index (χ4v) is 1.27. The molecule has 17 heavy (non-hydrogen) atoms. The van der Waals surface area contributed by atoms with Crippen LogP contribution in [0.5, 0.6) is 5.75 Å². The minimum Gasteiger partial charge on any atom is -0.494 e. The van der Waals surface area contributed by atoms with Crippen LogP contribution < -0.4 is 4.74 Å². The van der Waals surface area contributed by atoms with Crippen molar-refractivity contribution in [3.8, 4) is 18.1 Å². The highest BCUT2D eigenvalue weighted by atomic mass is 16.5. The molecule has 0 atom stereocenters. The van der Waals surface area contributed by atoms with Gasteiger partial charge in [0, 0.05) is 6.42 Å². The lowest BCUT2D eigenvalue weighted by Crippen LogP contribution is -2.04. The standard InChI is InChI=1S/C14H16O3/c1-3-5-6-11-17-13-9-7-12(8-10-13)14(15)16-4-2/h1,7-10H,4-6,11H2,2H3. The van der Waals surface area contributed by atoms with E-state index in [-0.39, 0.29) is 5.97 Å². The van der Waals surface area contributed by atoms with Crippen molar-refractivity contribution in [2.75, 3.05) is 13.2 Å². The summed E-state index contributed by atoms with van der Waals surface area (Å²) in [5, 5.41) is 0. The van der Waals surface area contributed by atoms with Crippen molar-refractivity contribution in [2.24, 2.45) is 0 Å². The summed E-state index contributed by atoms with van der Waals surface area (Å²) in [6.45, 7) is 2.74. The van der Waals surface area contributed by atoms with Crippen molar-refractivity contribution >= 4 is 5.97 Å². The first-order valence-electron chi connectivity index (χ1n) is 5.61. The van der Waals surface area contributed by atoms with Crippen LogP contribution in [0.1, 0.15) is 30.1 Å². The van der Waals surface area contributed by atoms with Crippen LogP contribution >= 0.6 is 0 Å². The van der Waals surface area contributed by atoms with Gasteiger partial charge in [0.15, 0.2) is 0 Å². The number of esters is 1. The molecule has 0 saturated heterocycles. The van der Waals surface area contributed by atoms with E-state index in [1.165, 1.54) is 0 Å². The molecule has 0 radical (unpaired) electrons. The zero-order chi connectivity index (χ0) is 12.5. The maximum absolute atomic E-state index is 11.4. The summed E-state index contributed by atoms with van der Waals surface area (Å²) >= 11 is 0. The monoisotopic (exact) mass is 232 g/mol. The summed E-state index contributed by atoms with van der Waals surface area (Å²) in [6.07, 6.45) is 6.67. The van der Waals surface area contributed by atoms with Gasteiger partial charge in [0.2, 0.25) is 0 Å². The third kappa shape index (κ3) is 4.60. The van der Waals surface area contributed by atoms with Gasteiger partial charge in [-0.25, -0.2) is 4.79 Å². The lowest BCUT2D eigenvalue weighted by atomic mass is 10.2. The van der Waals surface area contributed by atoms with Gasteiger partial charge in [-0.1, -0.05) is 0 Å². The number of unbranched alkanes of at least 4 members (excludes halogenated alkanes) is 1. The van der Waals surface area contributed by atoms with Crippen molar-refractivity contribution in [2.45, 2.75) is 19.8 Å². The lowest BCUT2D eigenvalue weighted by Gasteiger charge is -2.06. The van der Waals surface area contributed by atoms with Crippen LogP contribution in [-0.4, -0.2) is 19.2 Å². The Bertz CT molecular complexity index is 387. The van der Waals surface area contributed by atoms with Gasteiger partial charge in [-0.15, -0.1) is 12.3 Å². The van der Waals surface area contributed by atoms with E-state index < -0.39 is 0 Å². The summed E-state index contributed by atoms with van der Waals surface area (Å²) in [5.74, 6) is 2.97. The Morgan fingerprint density at radius 2 is 2.06 bits per heavy atom. The van der Waals surface area contributed by atoms with Crippen LogP contribution in [0, 0.1) is 12.3 Å². The molecule has 0 fully saturated rings. The van der Waals surface area contributed by atoms with Crippen molar-refractivity contribution in [1.29, 1.82) is 0 Å². The zero-order valence-corrected chi connectivity index (χ0v) is 9.94. The first kappa shape index (κ1) is 13.1. The topological polar surface area (TPSA) is 35.5 Å². The third-order valence-corrected chi connectivity index (χ3v) is 2.10. The molecular formula is C14H16O3. The van der Waals surface area contributed by atoms with E-state index in [4.69, 9.17) is 15.9 Å². The smallest absolute Gasteiger partial charge is 0.338 e. The molecule has 0 spiro atoms. The van der Waals surface area contributed by atoms with Gasteiger partial charge in [0.1, 0.15) is 5.75 Å². The van der Waals surface area contributed by atoms with E-state index in [1.54, 1.807) is 31.2 Å². The quantitative estimate of drug-likeness (QED) is 0.429. The SMILES string of the molecule is C#CCCCOc1ccc(C(=O)OCC)cc1. The van der Waals surface area contributed by atoms with Crippen molar-refractivity contribution < 1.29 is 14.3 Å². The lowest BCUT2D eigenvalue weighted by molar-refractivity contribution is 0.0526. The molecule has 0 aliphatic carbocycles. The summed E-state index contributed by atoms with van der Waals surface area (Å²) in [4.78, 5) is 11.4. The van der Waals surface area contributed by atoms with Crippen LogP contribution in [0.15, 0.2) is 24.3 Å². The van der Waals surface area contributed by atoms with Gasteiger partial charge in [-0.2, -0.15) is 0 Å². The highest BCUT2D eigenvalue weighted by molar-refractivity contribution is 5.89. The average Bonchev–Trinajstić information content (AvgIpc) is 2.36. The number of carbonyl (C=O) groups is 1. The number of rotatable bonds is 6. The first-order valence-corrected chi connectivity index (χ1v) is 5.61. The number of hydrogen-bond acceptors (Lipinski definition) is 3. The van der Waals surface area contributed by atoms with Gasteiger partial charge in [-0.3, -0.25) is 0 Å². The molecule has 0 aliphatic rings. The Morgan fingerprint density at radius 1 is 1.35 bits per heavy atom. The van der Waals surface area contributed by atoms with E-state index >= 15 is 0 Å². The van der Waals surface area contributed by atoms with Crippen LogP contribution in [0.4, 0.5) is 0 Å². The number of terminal acetylenes is 1. The third-order valence-electron chi connectivity index (χ3n) is 2.10. The minimum absolute atomic E-state index is 0.314. The maximum atomic E-state index is 11.4. The van der Waals surface area contributed by atoms with Crippen molar-refractivity contribution in [1.82, 2.24) is 0 Å². The first-order chi connectivity index (χ1) is 8.27. The zero-order valence-electron chi connectivity index (χ0n) is 9.94. The summed E-state index contributed by atoms with van der Waals surface area (Å²) in [5.41, 5.74) is 0.530. The van der Waals surface area contributed by atoms with E-state index in [1.807, 2.05) is 0 Å². The van der Waals surface area contributed by atoms with Gasteiger partial charge < -0.3 is 9.47 Å². The molecule has 0 amide bonds. The predicted octanol–water partition coefficient (Wildman–Crippen LogP) is 2.66. The van der Waals surface area contributed by atoms with Crippen LogP contribution in [-0.2, 0) is 4.74 Å². The molecule has 1 aromatic rings. The fourth-order valence-electron chi connectivity index (χ4n) is 1.27. The normalized spacial score (nSPS) is 9.41. The van der Waals surface area contributed by atoms with Gasteiger partial charge in [-0.05, 0) is 37.6 Å². The molecule has 0 unspecified atom stereocenters. The Morgan fingerprint density at radius 3 is 2.65 bits per heavy atom.